The van der Waals surface area contributed by atoms with Gasteiger partial charge in [0.15, 0.2) is 0 Å². The van der Waals surface area contributed by atoms with Crippen LogP contribution in [0.1, 0.15) is 21.7 Å². The summed E-state index contributed by atoms with van der Waals surface area (Å²) in [7, 11) is 0. The normalized spacial score (nSPS) is 14.1. The van der Waals surface area contributed by atoms with E-state index in [9.17, 15) is 0 Å². The number of fused-ring (bicyclic) bond motifs is 1. The average molecular weight is 237 g/mol. The summed E-state index contributed by atoms with van der Waals surface area (Å²) in [5, 5.41) is 11.9. The Morgan fingerprint density at radius 1 is 1.40 bits per heavy atom. The molecule has 0 radical (unpaired) electrons. The first kappa shape index (κ1) is 9.30. The lowest BCUT2D eigenvalue weighted by atomic mass is 10.2. The molecule has 78 valence electrons. The minimum absolute atomic E-state index is 0.882. The van der Waals surface area contributed by atoms with Crippen molar-refractivity contribution in [1.29, 1.82) is 0 Å². The molecule has 15 heavy (non-hydrogen) atoms. The quantitative estimate of drug-likeness (QED) is 0.892. The molecule has 0 fully saturated rings. The Morgan fingerprint density at radius 2 is 2.40 bits per heavy atom. The SMILES string of the molecule is c1nnc(NCc2cc3c(s2)CCC3)s1. The van der Waals surface area contributed by atoms with Crippen LogP contribution in [0.3, 0.4) is 0 Å². The minimum atomic E-state index is 0.882. The first-order valence-corrected chi connectivity index (χ1v) is 6.72. The number of anilines is 1. The van der Waals surface area contributed by atoms with Crippen LogP contribution >= 0.6 is 22.7 Å². The second-order valence-electron chi connectivity index (χ2n) is 3.61. The van der Waals surface area contributed by atoms with Gasteiger partial charge in [-0.25, -0.2) is 0 Å². The summed E-state index contributed by atoms with van der Waals surface area (Å²) in [5.74, 6) is 0. The van der Waals surface area contributed by atoms with Gasteiger partial charge in [-0.05, 0) is 30.9 Å². The molecule has 2 aromatic rings. The number of thiophene rings is 1. The molecule has 0 atom stereocenters. The van der Waals surface area contributed by atoms with Gasteiger partial charge in [0.05, 0.1) is 6.54 Å². The highest BCUT2D eigenvalue weighted by Crippen LogP contribution is 2.30. The third kappa shape index (κ3) is 1.89. The predicted molar refractivity (Wildman–Crippen MR) is 63.6 cm³/mol. The highest BCUT2D eigenvalue weighted by atomic mass is 32.1. The smallest absolute Gasteiger partial charge is 0.205 e. The third-order valence-electron chi connectivity index (χ3n) is 2.57. The molecule has 2 aromatic heterocycles. The summed E-state index contributed by atoms with van der Waals surface area (Å²) in [6, 6.07) is 2.33. The van der Waals surface area contributed by atoms with Crippen molar-refractivity contribution >= 4 is 27.8 Å². The van der Waals surface area contributed by atoms with Gasteiger partial charge in [0.2, 0.25) is 5.13 Å². The van der Waals surface area contributed by atoms with Crippen LogP contribution in [-0.4, -0.2) is 10.2 Å². The van der Waals surface area contributed by atoms with Crippen LogP contribution in [0.25, 0.3) is 0 Å². The number of aryl methyl sites for hydroxylation is 2. The molecule has 0 bridgehead atoms. The fourth-order valence-electron chi connectivity index (χ4n) is 1.89. The summed E-state index contributed by atoms with van der Waals surface area (Å²) < 4.78 is 0. The van der Waals surface area contributed by atoms with E-state index in [1.165, 1.54) is 24.1 Å². The zero-order chi connectivity index (χ0) is 10.1. The standard InChI is InChI=1S/C10H11N3S2/c1-2-7-4-8(15-9(7)3-1)5-11-10-13-12-6-14-10/h4,6H,1-3,5H2,(H,11,13). The zero-order valence-corrected chi connectivity index (χ0v) is 9.83. The fourth-order valence-corrected chi connectivity index (χ4v) is 3.53. The molecule has 1 aliphatic rings. The molecule has 5 heteroatoms. The Kier molecular flexibility index (Phi) is 2.42. The molecule has 0 aromatic carbocycles. The Balaban J connectivity index is 1.67. The van der Waals surface area contributed by atoms with E-state index in [0.29, 0.717) is 0 Å². The van der Waals surface area contributed by atoms with Crippen LogP contribution in [0.15, 0.2) is 11.6 Å². The van der Waals surface area contributed by atoms with E-state index in [1.54, 1.807) is 27.3 Å². The number of hydrogen-bond acceptors (Lipinski definition) is 5. The molecule has 0 amide bonds. The van der Waals surface area contributed by atoms with Gasteiger partial charge in [0.1, 0.15) is 5.51 Å². The number of hydrogen-bond donors (Lipinski definition) is 1. The fraction of sp³-hybridized carbons (Fsp3) is 0.400. The second-order valence-corrected chi connectivity index (χ2v) is 5.67. The molecular formula is C10H11N3S2. The molecular weight excluding hydrogens is 226 g/mol. The van der Waals surface area contributed by atoms with E-state index < -0.39 is 0 Å². The third-order valence-corrected chi connectivity index (χ3v) is 4.46. The molecule has 2 heterocycles. The highest BCUT2D eigenvalue weighted by Gasteiger charge is 2.14. The molecule has 0 unspecified atom stereocenters. The lowest BCUT2D eigenvalue weighted by Crippen LogP contribution is -1.96. The highest BCUT2D eigenvalue weighted by molar-refractivity contribution is 7.13. The van der Waals surface area contributed by atoms with Crippen LogP contribution in [0, 0.1) is 0 Å². The molecule has 3 nitrogen and oxygen atoms in total. The summed E-state index contributed by atoms with van der Waals surface area (Å²) in [5.41, 5.74) is 3.31. The van der Waals surface area contributed by atoms with E-state index in [0.717, 1.165) is 11.7 Å². The minimum Gasteiger partial charge on any atom is -0.355 e. The van der Waals surface area contributed by atoms with Crippen molar-refractivity contribution in [2.24, 2.45) is 0 Å². The van der Waals surface area contributed by atoms with Crippen molar-refractivity contribution in [3.8, 4) is 0 Å². The summed E-state index contributed by atoms with van der Waals surface area (Å²) in [4.78, 5) is 3.00. The maximum Gasteiger partial charge on any atom is 0.205 e. The lowest BCUT2D eigenvalue weighted by molar-refractivity contribution is 0.913. The van der Waals surface area contributed by atoms with E-state index >= 15 is 0 Å². The van der Waals surface area contributed by atoms with E-state index in [4.69, 9.17) is 0 Å². The number of nitrogens with zero attached hydrogens (tertiary/aromatic N) is 2. The molecule has 0 spiro atoms. The lowest BCUT2D eigenvalue weighted by Gasteiger charge is -1.98. The van der Waals surface area contributed by atoms with E-state index in [-0.39, 0.29) is 0 Å². The van der Waals surface area contributed by atoms with Gasteiger partial charge >= 0.3 is 0 Å². The largest absolute Gasteiger partial charge is 0.355 e. The molecule has 0 saturated carbocycles. The number of nitrogens with one attached hydrogen (secondary N) is 1. The van der Waals surface area contributed by atoms with Crippen molar-refractivity contribution < 1.29 is 0 Å². The van der Waals surface area contributed by atoms with Gasteiger partial charge in [0, 0.05) is 9.75 Å². The average Bonchev–Trinajstić information content (AvgIpc) is 2.91. The van der Waals surface area contributed by atoms with Gasteiger partial charge < -0.3 is 5.32 Å². The molecule has 1 N–H and O–H groups in total. The Labute approximate surface area is 96.2 Å². The van der Waals surface area contributed by atoms with Gasteiger partial charge in [-0.15, -0.1) is 21.5 Å². The summed E-state index contributed by atoms with van der Waals surface area (Å²) in [6.07, 6.45) is 3.88. The maximum absolute atomic E-state index is 3.96. The summed E-state index contributed by atoms with van der Waals surface area (Å²) >= 11 is 3.48. The molecule has 1 aliphatic carbocycles. The first-order valence-electron chi connectivity index (χ1n) is 5.02. The van der Waals surface area contributed by atoms with E-state index in [1.807, 2.05) is 11.3 Å². The van der Waals surface area contributed by atoms with Gasteiger partial charge in [-0.1, -0.05) is 11.3 Å². The maximum atomic E-state index is 3.96. The molecule has 0 saturated heterocycles. The van der Waals surface area contributed by atoms with Crippen molar-refractivity contribution in [3.05, 3.63) is 26.9 Å². The first-order chi connectivity index (χ1) is 7.42. The van der Waals surface area contributed by atoms with Crippen molar-refractivity contribution in [3.63, 3.8) is 0 Å². The van der Waals surface area contributed by atoms with Crippen LogP contribution < -0.4 is 5.32 Å². The Morgan fingerprint density at radius 3 is 3.20 bits per heavy atom. The van der Waals surface area contributed by atoms with Crippen LogP contribution in [0.2, 0.25) is 0 Å². The van der Waals surface area contributed by atoms with Crippen LogP contribution in [0.5, 0.6) is 0 Å². The summed E-state index contributed by atoms with van der Waals surface area (Å²) in [6.45, 7) is 0.882. The zero-order valence-electron chi connectivity index (χ0n) is 8.19. The van der Waals surface area contributed by atoms with Crippen molar-refractivity contribution in [2.75, 3.05) is 5.32 Å². The Hall–Kier alpha value is -0.940. The number of aromatic nitrogens is 2. The van der Waals surface area contributed by atoms with Gasteiger partial charge in [-0.3, -0.25) is 0 Å². The van der Waals surface area contributed by atoms with E-state index in [2.05, 4.69) is 21.6 Å². The topological polar surface area (TPSA) is 37.8 Å². The Bertz CT molecular complexity index is 426. The molecule has 3 rings (SSSR count). The predicted octanol–water partition coefficient (Wildman–Crippen LogP) is 2.70. The molecule has 0 aliphatic heterocycles. The monoisotopic (exact) mass is 237 g/mol. The van der Waals surface area contributed by atoms with Crippen LogP contribution in [0.4, 0.5) is 5.13 Å². The van der Waals surface area contributed by atoms with Crippen LogP contribution in [-0.2, 0) is 19.4 Å². The van der Waals surface area contributed by atoms with Gasteiger partial charge in [0.25, 0.3) is 0 Å². The second kappa shape index (κ2) is 3.90. The van der Waals surface area contributed by atoms with Gasteiger partial charge in [-0.2, -0.15) is 0 Å². The van der Waals surface area contributed by atoms with Crippen molar-refractivity contribution in [1.82, 2.24) is 10.2 Å². The van der Waals surface area contributed by atoms with Crippen molar-refractivity contribution in [2.45, 2.75) is 25.8 Å². The number of rotatable bonds is 3.